The molecule has 204 valence electrons. The molecule has 1 aliphatic heterocycles. The van der Waals surface area contributed by atoms with Gasteiger partial charge in [-0.25, -0.2) is 0 Å². The molecule has 0 aromatic heterocycles. The molecule has 0 spiro atoms. The van der Waals surface area contributed by atoms with Gasteiger partial charge in [-0.2, -0.15) is 0 Å². The molecule has 4 rings (SSSR count). The van der Waals surface area contributed by atoms with Crippen molar-refractivity contribution in [1.82, 2.24) is 0 Å². The molecule has 1 aliphatic rings. The Morgan fingerprint density at radius 3 is 2.02 bits per heavy atom. The van der Waals surface area contributed by atoms with Crippen molar-refractivity contribution < 1.29 is 77.4 Å². The fourth-order valence-corrected chi connectivity index (χ4v) is 4.38. The van der Waals surface area contributed by atoms with Gasteiger partial charge in [0.05, 0.1) is 41.5 Å². The van der Waals surface area contributed by atoms with Gasteiger partial charge in [0.1, 0.15) is 5.75 Å². The molecule has 0 fully saturated rings. The Morgan fingerprint density at radius 2 is 1.45 bits per heavy atom. The Bertz CT molecular complexity index is 1430. The number of carboxylic acid groups (broad SMARTS) is 1. The molecule has 0 aliphatic carbocycles. The third kappa shape index (κ3) is 5.99. The van der Waals surface area contributed by atoms with Crippen LogP contribution in [0.5, 0.6) is 40.2 Å². The van der Waals surface area contributed by atoms with Crippen LogP contribution in [0.25, 0.3) is 5.57 Å². The summed E-state index contributed by atoms with van der Waals surface area (Å²) in [7, 11) is 7.30. The largest absolute Gasteiger partial charge is 1.00 e. The normalized spacial score (nSPS) is 12.0. The maximum atomic E-state index is 14.0. The van der Waals surface area contributed by atoms with E-state index in [-0.39, 0.29) is 82.3 Å². The smallest absolute Gasteiger partial charge is 0.545 e. The van der Waals surface area contributed by atoms with Gasteiger partial charge in [-0.05, 0) is 48.0 Å². The molecule has 0 N–H and O–H groups in total. The van der Waals surface area contributed by atoms with Crippen LogP contribution in [0.15, 0.2) is 54.1 Å². The fraction of sp³-hybridized carbons (Fsp3) is 0.241. The van der Waals surface area contributed by atoms with Crippen LogP contribution < -0.4 is 67.8 Å². The number of Topliss-reactive ketones (excluding diaryl/α,β-unsaturated/α-hetero) is 1. The number of rotatable bonds is 11. The van der Waals surface area contributed by atoms with Crippen LogP contribution in [0.3, 0.4) is 0 Å². The molecule has 3 aromatic carbocycles. The predicted molar refractivity (Wildman–Crippen MR) is 138 cm³/mol. The first-order valence-electron chi connectivity index (χ1n) is 11.8. The first-order chi connectivity index (χ1) is 18.9. The Morgan fingerprint density at radius 1 is 0.775 bits per heavy atom. The number of carbonyl (C=O) groups excluding carboxylic acids is 2. The summed E-state index contributed by atoms with van der Waals surface area (Å²) in [5.74, 6) is 0.305. The van der Waals surface area contributed by atoms with Crippen LogP contribution in [0.2, 0.25) is 0 Å². The Hall–Kier alpha value is -3.86. The number of hydrogen-bond donors (Lipinski definition) is 0. The first-order valence-corrected chi connectivity index (χ1v) is 11.8. The average Bonchev–Trinajstić information content (AvgIpc) is 3.44. The molecule has 0 amide bonds. The van der Waals surface area contributed by atoms with E-state index in [9.17, 15) is 14.7 Å². The molecular weight excluding hydrogens is 531 g/mol. The van der Waals surface area contributed by atoms with E-state index >= 15 is 0 Å². The van der Waals surface area contributed by atoms with Crippen LogP contribution in [0, 0.1) is 0 Å². The van der Waals surface area contributed by atoms with Crippen molar-refractivity contribution in [1.29, 1.82) is 0 Å². The van der Waals surface area contributed by atoms with E-state index in [0.717, 1.165) is 0 Å². The Labute approximate surface area is 253 Å². The second-order valence-electron chi connectivity index (χ2n) is 8.28. The number of aliphatic carboxylic acids is 1. The van der Waals surface area contributed by atoms with Gasteiger partial charge in [0, 0.05) is 28.7 Å². The van der Waals surface area contributed by atoms with Crippen LogP contribution in [-0.4, -0.2) is 54.1 Å². The molecular formula is C29H27NaO10. The molecule has 0 saturated carbocycles. The van der Waals surface area contributed by atoms with Crippen LogP contribution >= 0.6 is 0 Å². The van der Waals surface area contributed by atoms with Gasteiger partial charge in [0.2, 0.25) is 18.3 Å². The third-order valence-corrected chi connectivity index (χ3v) is 6.23. The standard InChI is InChI=1S/C29H28O10.Na/c1-33-19-9-6-16(7-10-19)25(30)20(12-17-8-11-21(34-2)28(37-5)26(17)36-4)24(29(31)32)18-13-22(35-3)27-23(14-18)38-15-39-27;/h6-11,13-14H,12,15H2,1-5H3,(H,31,32);/q;+1/p-1/b24-20-;. The number of carboxylic acids is 1. The number of ketones is 1. The number of ether oxygens (including phenoxy) is 7. The first kappa shape index (κ1) is 30.7. The zero-order valence-corrected chi connectivity index (χ0v) is 25.1. The van der Waals surface area contributed by atoms with Gasteiger partial charge in [-0.3, -0.25) is 4.79 Å². The molecule has 11 heteroatoms. The minimum absolute atomic E-state index is 0. The number of carbonyl (C=O) groups is 2. The number of hydrogen-bond acceptors (Lipinski definition) is 10. The van der Waals surface area contributed by atoms with Gasteiger partial charge < -0.3 is 43.1 Å². The third-order valence-electron chi connectivity index (χ3n) is 6.23. The SMILES string of the molecule is COc1ccc(C(=O)/C(Cc2ccc(OC)c(OC)c2OC)=C(\C(=O)[O-])c2cc(OC)c3c(c2)OCO3)cc1.[Na+]. The molecule has 0 saturated heterocycles. The van der Waals surface area contributed by atoms with Crippen molar-refractivity contribution in [3.8, 4) is 40.2 Å². The summed E-state index contributed by atoms with van der Waals surface area (Å²) in [4.78, 5) is 26.7. The van der Waals surface area contributed by atoms with Crippen LogP contribution in [0.4, 0.5) is 0 Å². The van der Waals surface area contributed by atoms with E-state index in [1.54, 1.807) is 36.4 Å². The topological polar surface area (TPSA) is 122 Å². The molecule has 0 radical (unpaired) electrons. The maximum Gasteiger partial charge on any atom is 1.00 e. The average molecular weight is 559 g/mol. The Balaban J connectivity index is 0.00000441. The zero-order valence-electron chi connectivity index (χ0n) is 23.1. The van der Waals surface area contributed by atoms with E-state index in [0.29, 0.717) is 28.6 Å². The molecule has 0 unspecified atom stereocenters. The van der Waals surface area contributed by atoms with Crippen molar-refractivity contribution in [2.75, 3.05) is 42.3 Å². The van der Waals surface area contributed by atoms with Crippen molar-refractivity contribution in [3.63, 3.8) is 0 Å². The van der Waals surface area contributed by atoms with E-state index < -0.39 is 11.8 Å². The van der Waals surface area contributed by atoms with E-state index in [4.69, 9.17) is 33.2 Å². The number of benzene rings is 3. The molecule has 1 heterocycles. The minimum Gasteiger partial charge on any atom is -0.545 e. The monoisotopic (exact) mass is 558 g/mol. The van der Waals surface area contributed by atoms with E-state index in [1.165, 1.54) is 47.7 Å². The second kappa shape index (κ2) is 13.5. The van der Waals surface area contributed by atoms with Crippen molar-refractivity contribution in [2.45, 2.75) is 6.42 Å². The maximum absolute atomic E-state index is 14.0. The zero-order chi connectivity index (χ0) is 28.1. The summed E-state index contributed by atoms with van der Waals surface area (Å²) >= 11 is 0. The van der Waals surface area contributed by atoms with Crippen molar-refractivity contribution >= 4 is 17.3 Å². The summed E-state index contributed by atoms with van der Waals surface area (Å²) in [5.41, 5.74) is 0.471. The summed E-state index contributed by atoms with van der Waals surface area (Å²) in [6.07, 6.45) is -0.144. The Kier molecular flexibility index (Phi) is 10.3. The summed E-state index contributed by atoms with van der Waals surface area (Å²) in [5, 5.41) is 12.7. The molecule has 10 nitrogen and oxygen atoms in total. The fourth-order valence-electron chi connectivity index (χ4n) is 4.38. The molecule has 40 heavy (non-hydrogen) atoms. The predicted octanol–water partition coefficient (Wildman–Crippen LogP) is 0.0914. The van der Waals surface area contributed by atoms with Crippen LogP contribution in [0.1, 0.15) is 21.5 Å². The van der Waals surface area contributed by atoms with E-state index in [2.05, 4.69) is 0 Å². The summed E-state index contributed by atoms with van der Waals surface area (Å²) in [6, 6.07) is 12.6. The molecule has 3 aromatic rings. The molecule has 0 atom stereocenters. The number of fused-ring (bicyclic) bond motifs is 1. The van der Waals surface area contributed by atoms with Gasteiger partial charge >= 0.3 is 29.6 Å². The van der Waals surface area contributed by atoms with Gasteiger partial charge in [0.15, 0.2) is 28.8 Å². The summed E-state index contributed by atoms with van der Waals surface area (Å²) < 4.78 is 38.0. The van der Waals surface area contributed by atoms with Gasteiger partial charge in [-0.1, -0.05) is 6.07 Å². The summed E-state index contributed by atoms with van der Waals surface area (Å²) in [6.45, 7) is -0.0556. The number of methoxy groups -OCH3 is 5. The van der Waals surface area contributed by atoms with Gasteiger partial charge in [0.25, 0.3) is 0 Å². The second-order valence-corrected chi connectivity index (χ2v) is 8.28. The van der Waals surface area contributed by atoms with Gasteiger partial charge in [-0.15, -0.1) is 0 Å². The van der Waals surface area contributed by atoms with E-state index in [1.807, 2.05) is 0 Å². The van der Waals surface area contributed by atoms with Crippen molar-refractivity contribution in [2.24, 2.45) is 0 Å². The van der Waals surface area contributed by atoms with Crippen LogP contribution in [-0.2, 0) is 11.2 Å². The minimum atomic E-state index is -1.56. The quantitative estimate of drug-likeness (QED) is 0.182. The van der Waals surface area contributed by atoms with Crippen molar-refractivity contribution in [3.05, 3.63) is 70.8 Å². The molecule has 0 bridgehead atoms. The number of allylic oxidation sites excluding steroid dienone is 1.